The Morgan fingerprint density at radius 2 is 1.92 bits per heavy atom. The highest BCUT2D eigenvalue weighted by Gasteiger charge is 2.40. The number of hydrogen-bond acceptors (Lipinski definition) is 7. The molecule has 2 N–H and O–H groups in total. The van der Waals surface area contributed by atoms with Crippen molar-refractivity contribution in [3.63, 3.8) is 0 Å². The van der Waals surface area contributed by atoms with Crippen molar-refractivity contribution in [3.8, 4) is 5.88 Å². The Morgan fingerprint density at radius 1 is 1.22 bits per heavy atom. The molecule has 0 bridgehead atoms. The number of anilines is 1. The van der Waals surface area contributed by atoms with Gasteiger partial charge in [0.2, 0.25) is 5.88 Å². The zero-order valence-corrected chi connectivity index (χ0v) is 21.3. The third-order valence-corrected chi connectivity index (χ3v) is 6.05. The zero-order chi connectivity index (χ0) is 27.2. The van der Waals surface area contributed by atoms with Gasteiger partial charge in [-0.3, -0.25) is 9.48 Å². The second-order valence-corrected chi connectivity index (χ2v) is 10.7. The van der Waals surface area contributed by atoms with E-state index in [0.717, 1.165) is 23.6 Å². The van der Waals surface area contributed by atoms with Crippen LogP contribution in [0.2, 0.25) is 0 Å². The van der Waals surface area contributed by atoms with Gasteiger partial charge in [0, 0.05) is 31.1 Å². The average molecular weight is 529 g/mol. The van der Waals surface area contributed by atoms with Crippen LogP contribution in [0.4, 0.5) is 23.8 Å². The van der Waals surface area contributed by atoms with Crippen LogP contribution in [-0.2, 0) is 22.1 Å². The van der Waals surface area contributed by atoms with Crippen LogP contribution in [0.5, 0.6) is 5.88 Å². The molecule has 204 valence electrons. The van der Waals surface area contributed by atoms with Crippen molar-refractivity contribution in [2.75, 3.05) is 18.5 Å². The molecule has 1 saturated carbocycles. The molecule has 37 heavy (non-hydrogen) atoms. The Balaban J connectivity index is 1.44. The molecule has 3 heterocycles. The third-order valence-electron chi connectivity index (χ3n) is 6.05. The molecule has 0 aromatic carbocycles. The van der Waals surface area contributed by atoms with E-state index in [1.165, 1.54) is 7.05 Å². The second kappa shape index (κ2) is 9.54. The van der Waals surface area contributed by atoms with Crippen molar-refractivity contribution in [2.45, 2.75) is 76.4 Å². The molecule has 2 amide bonds. The first-order valence-corrected chi connectivity index (χ1v) is 11.9. The summed E-state index contributed by atoms with van der Waals surface area (Å²) in [6, 6.07) is 2.80. The molecule has 1 saturated heterocycles. The fraction of sp³-hybridized carbons (Fsp3) is 0.652. The number of carbonyl (C=O) groups is 2. The lowest BCUT2D eigenvalue weighted by Gasteiger charge is -2.22. The summed E-state index contributed by atoms with van der Waals surface area (Å²) in [5.74, 6) is -0.563. The lowest BCUT2D eigenvalue weighted by atomic mass is 10.1. The Bertz CT molecular complexity index is 1160. The number of nitrogens with one attached hydrogen (secondary N) is 2. The van der Waals surface area contributed by atoms with Gasteiger partial charge in [-0.1, -0.05) is 0 Å². The highest BCUT2D eigenvalue weighted by molar-refractivity contribution is 6.02. The lowest BCUT2D eigenvalue weighted by molar-refractivity contribution is -0.154. The summed E-state index contributed by atoms with van der Waals surface area (Å²) in [5, 5.41) is 14.0. The van der Waals surface area contributed by atoms with E-state index < -0.39 is 42.5 Å². The van der Waals surface area contributed by atoms with Gasteiger partial charge in [-0.25, -0.2) is 9.48 Å². The minimum Gasteiger partial charge on any atom is -0.467 e. The summed E-state index contributed by atoms with van der Waals surface area (Å²) in [7, 11) is 1.42. The fourth-order valence-electron chi connectivity index (χ4n) is 3.84. The number of amides is 2. The molecule has 1 aliphatic carbocycles. The highest BCUT2D eigenvalue weighted by atomic mass is 19.4. The topological polar surface area (TPSA) is 122 Å². The zero-order valence-electron chi connectivity index (χ0n) is 21.3. The average Bonchev–Trinajstić information content (AvgIpc) is 3.15. The predicted molar refractivity (Wildman–Crippen MR) is 124 cm³/mol. The van der Waals surface area contributed by atoms with Gasteiger partial charge in [-0.05, 0) is 40.5 Å². The van der Waals surface area contributed by atoms with Crippen LogP contribution in [0.15, 0.2) is 12.1 Å². The molecule has 0 radical (unpaired) electrons. The molecule has 2 atom stereocenters. The van der Waals surface area contributed by atoms with E-state index in [-0.39, 0.29) is 23.7 Å². The van der Waals surface area contributed by atoms with E-state index >= 15 is 0 Å². The second-order valence-electron chi connectivity index (χ2n) is 10.7. The number of nitrogens with zero attached hydrogens (tertiary/aromatic N) is 4. The standard InChI is InChI=1S/C23H31F3N6O5/c1-21(2,3)32-17(27-19(33)15-10-18(30-31(15)5)36-12-23(24,25)26)9-14(29-32)16-8-13(11-35-16)37-20(34)28-22(4)6-7-22/h9-10,13,16H,6-8,11-12H2,1-5H3,(H,27,33)(H,28,34)/t13-,16-/m1/s1. The maximum Gasteiger partial charge on any atom is 0.422 e. The Morgan fingerprint density at radius 3 is 2.54 bits per heavy atom. The van der Waals surface area contributed by atoms with E-state index in [4.69, 9.17) is 9.47 Å². The minimum atomic E-state index is -4.53. The third kappa shape index (κ3) is 6.73. The van der Waals surface area contributed by atoms with Gasteiger partial charge in [-0.2, -0.15) is 18.3 Å². The Hall–Kier alpha value is -3.29. The van der Waals surface area contributed by atoms with Crippen LogP contribution in [0.3, 0.4) is 0 Å². The number of hydrogen-bond donors (Lipinski definition) is 2. The van der Waals surface area contributed by atoms with Crippen molar-refractivity contribution in [3.05, 3.63) is 23.5 Å². The fourth-order valence-corrected chi connectivity index (χ4v) is 3.84. The van der Waals surface area contributed by atoms with E-state index in [2.05, 4.69) is 25.6 Å². The van der Waals surface area contributed by atoms with Gasteiger partial charge in [0.15, 0.2) is 6.61 Å². The number of rotatable bonds is 7. The normalized spacial score (nSPS) is 21.0. The summed E-state index contributed by atoms with van der Waals surface area (Å²) < 4.78 is 56.1. The number of aromatic nitrogens is 4. The van der Waals surface area contributed by atoms with Gasteiger partial charge in [0.1, 0.15) is 23.7 Å². The van der Waals surface area contributed by atoms with Crippen molar-refractivity contribution in [1.29, 1.82) is 0 Å². The first-order chi connectivity index (χ1) is 17.1. The van der Waals surface area contributed by atoms with Gasteiger partial charge < -0.3 is 24.8 Å². The first-order valence-electron chi connectivity index (χ1n) is 11.9. The predicted octanol–water partition coefficient (Wildman–Crippen LogP) is 3.67. The number of ether oxygens (including phenoxy) is 3. The number of carbonyl (C=O) groups excluding carboxylic acids is 2. The largest absolute Gasteiger partial charge is 0.467 e. The van der Waals surface area contributed by atoms with Crippen molar-refractivity contribution in [2.24, 2.45) is 7.05 Å². The van der Waals surface area contributed by atoms with Gasteiger partial charge in [0.05, 0.1) is 17.8 Å². The Kier molecular flexibility index (Phi) is 6.90. The molecule has 1 aliphatic heterocycles. The summed E-state index contributed by atoms with van der Waals surface area (Å²) in [6.07, 6.45) is -3.64. The maximum absolute atomic E-state index is 13.0. The van der Waals surface area contributed by atoms with Gasteiger partial charge in [0.25, 0.3) is 5.91 Å². The lowest BCUT2D eigenvalue weighted by Crippen LogP contribution is -2.37. The smallest absolute Gasteiger partial charge is 0.422 e. The van der Waals surface area contributed by atoms with E-state index in [1.807, 2.05) is 27.7 Å². The molecular weight excluding hydrogens is 497 g/mol. The summed E-state index contributed by atoms with van der Waals surface area (Å²) in [6.45, 7) is 6.36. The molecule has 11 nitrogen and oxygen atoms in total. The summed E-state index contributed by atoms with van der Waals surface area (Å²) >= 11 is 0. The summed E-state index contributed by atoms with van der Waals surface area (Å²) in [5.41, 5.74) is -0.165. The first kappa shape index (κ1) is 26.8. The van der Waals surface area contributed by atoms with E-state index in [9.17, 15) is 22.8 Å². The molecule has 2 aliphatic rings. The quantitative estimate of drug-likeness (QED) is 0.562. The van der Waals surface area contributed by atoms with E-state index in [0.29, 0.717) is 17.9 Å². The van der Waals surface area contributed by atoms with E-state index in [1.54, 1.807) is 10.7 Å². The molecule has 0 spiro atoms. The highest BCUT2D eigenvalue weighted by Crippen LogP contribution is 2.36. The SMILES string of the molecule is Cn1nc(OCC(F)(F)F)cc1C(=O)Nc1cc([C@H]2C[C@@H](OC(=O)NC3(C)CC3)CO2)nn1C(C)(C)C. The van der Waals surface area contributed by atoms with Crippen LogP contribution < -0.4 is 15.4 Å². The van der Waals surface area contributed by atoms with Crippen molar-refractivity contribution < 1.29 is 37.0 Å². The van der Waals surface area contributed by atoms with Crippen molar-refractivity contribution in [1.82, 2.24) is 24.9 Å². The molecule has 0 unspecified atom stereocenters. The number of alkyl carbamates (subject to hydrolysis) is 1. The molecule has 2 aromatic rings. The summed E-state index contributed by atoms with van der Waals surface area (Å²) in [4.78, 5) is 25.1. The molecule has 2 fully saturated rings. The van der Waals surface area contributed by atoms with Crippen LogP contribution in [-0.4, -0.2) is 62.6 Å². The molecule has 14 heteroatoms. The number of halogens is 3. The van der Waals surface area contributed by atoms with Crippen LogP contribution in [0.25, 0.3) is 0 Å². The number of aryl methyl sites for hydroxylation is 1. The van der Waals surface area contributed by atoms with Crippen LogP contribution in [0.1, 0.15) is 69.2 Å². The maximum atomic E-state index is 13.0. The van der Waals surface area contributed by atoms with Gasteiger partial charge in [-0.15, -0.1) is 5.10 Å². The van der Waals surface area contributed by atoms with Crippen LogP contribution >= 0.6 is 0 Å². The Labute approximate surface area is 211 Å². The molecule has 2 aromatic heterocycles. The number of alkyl halides is 3. The monoisotopic (exact) mass is 528 g/mol. The molecule has 4 rings (SSSR count). The minimum absolute atomic E-state index is 0.00124. The van der Waals surface area contributed by atoms with Crippen LogP contribution in [0, 0.1) is 0 Å². The van der Waals surface area contributed by atoms with Crippen molar-refractivity contribution >= 4 is 17.8 Å². The van der Waals surface area contributed by atoms with Gasteiger partial charge >= 0.3 is 12.3 Å². The molecular formula is C23H31F3N6O5.